The Hall–Kier alpha value is -0.340. The van der Waals surface area contributed by atoms with Gasteiger partial charge in [0.2, 0.25) is 0 Å². The number of aliphatic hydroxyl groups excluding tert-OH is 1. The van der Waals surface area contributed by atoms with Crippen LogP contribution < -0.4 is 0 Å². The van der Waals surface area contributed by atoms with Gasteiger partial charge in [0.15, 0.2) is 0 Å². The molecule has 0 aromatic carbocycles. The minimum absolute atomic E-state index is 0.167. The molecule has 0 bridgehead atoms. The number of rotatable bonds is 1. The highest BCUT2D eigenvalue weighted by Crippen LogP contribution is 2.55. The molecule has 0 aliphatic heterocycles. The maximum absolute atomic E-state index is 10.5. The van der Waals surface area contributed by atoms with Crippen molar-refractivity contribution in [3.8, 4) is 0 Å². The lowest BCUT2D eigenvalue weighted by Gasteiger charge is -2.46. The summed E-state index contributed by atoms with van der Waals surface area (Å²) in [4.78, 5) is 0. The Kier molecular flexibility index (Phi) is 2.24. The Labute approximate surface area is 85.6 Å². The van der Waals surface area contributed by atoms with Gasteiger partial charge in [0, 0.05) is 5.41 Å². The molecular weight excluding hydrogens is 176 g/mol. The molecule has 2 N–H and O–H groups in total. The Balaban J connectivity index is 2.33. The Morgan fingerprint density at radius 1 is 1.36 bits per heavy atom. The summed E-state index contributed by atoms with van der Waals surface area (Å²) in [5, 5.41) is 20.2. The van der Waals surface area contributed by atoms with E-state index in [0.29, 0.717) is 0 Å². The fourth-order valence-electron chi connectivity index (χ4n) is 3.28. The normalized spacial score (nSPS) is 44.4. The first-order valence-electron chi connectivity index (χ1n) is 5.61. The van der Waals surface area contributed by atoms with Crippen molar-refractivity contribution in [1.82, 2.24) is 0 Å². The largest absolute Gasteiger partial charge is 0.389 e. The molecule has 0 heterocycles. The fraction of sp³-hybridized carbons (Fsp3) is 0.833. The first-order chi connectivity index (χ1) is 6.50. The Bertz CT molecular complexity index is 269. The van der Waals surface area contributed by atoms with E-state index in [0.717, 1.165) is 31.3 Å². The van der Waals surface area contributed by atoms with E-state index in [-0.39, 0.29) is 5.41 Å². The van der Waals surface area contributed by atoms with Gasteiger partial charge in [-0.05, 0) is 31.8 Å². The van der Waals surface area contributed by atoms with Crippen molar-refractivity contribution in [2.45, 2.75) is 57.7 Å². The summed E-state index contributed by atoms with van der Waals surface area (Å²) >= 11 is 0. The minimum Gasteiger partial charge on any atom is -0.389 e. The molecule has 0 saturated heterocycles. The standard InChI is InChI=1S/C12H20O2/c1-9(13)10-5-8-12(14)7-4-3-6-11(10,12)2/h5,9,13-14H,3-4,6-8H2,1-2H3. The molecule has 0 amide bonds. The molecule has 2 heteroatoms. The van der Waals surface area contributed by atoms with Gasteiger partial charge in [-0.15, -0.1) is 0 Å². The zero-order valence-electron chi connectivity index (χ0n) is 9.08. The van der Waals surface area contributed by atoms with E-state index in [4.69, 9.17) is 0 Å². The smallest absolute Gasteiger partial charge is 0.0773 e. The third kappa shape index (κ3) is 1.17. The molecule has 0 aromatic rings. The molecule has 14 heavy (non-hydrogen) atoms. The van der Waals surface area contributed by atoms with Crippen LogP contribution in [0.4, 0.5) is 0 Å². The highest BCUT2D eigenvalue weighted by atomic mass is 16.3. The van der Waals surface area contributed by atoms with Crippen molar-refractivity contribution in [3.63, 3.8) is 0 Å². The molecule has 3 atom stereocenters. The average Bonchev–Trinajstić information content (AvgIpc) is 2.37. The van der Waals surface area contributed by atoms with Crippen molar-refractivity contribution >= 4 is 0 Å². The van der Waals surface area contributed by atoms with Crippen molar-refractivity contribution in [3.05, 3.63) is 11.6 Å². The van der Waals surface area contributed by atoms with Gasteiger partial charge in [0.05, 0.1) is 11.7 Å². The average molecular weight is 196 g/mol. The van der Waals surface area contributed by atoms with Crippen LogP contribution in [0.15, 0.2) is 11.6 Å². The van der Waals surface area contributed by atoms with Gasteiger partial charge >= 0.3 is 0 Å². The highest BCUT2D eigenvalue weighted by molar-refractivity contribution is 5.31. The van der Waals surface area contributed by atoms with Crippen LogP contribution >= 0.6 is 0 Å². The predicted octanol–water partition coefficient (Wildman–Crippen LogP) is 2.01. The third-order valence-electron chi connectivity index (χ3n) is 4.29. The summed E-state index contributed by atoms with van der Waals surface area (Å²) in [5.41, 5.74) is 0.316. The first-order valence-corrected chi connectivity index (χ1v) is 5.61. The second-order valence-corrected chi connectivity index (χ2v) is 5.11. The summed E-state index contributed by atoms with van der Waals surface area (Å²) in [7, 11) is 0. The molecule has 0 radical (unpaired) electrons. The van der Waals surface area contributed by atoms with E-state index in [1.165, 1.54) is 6.42 Å². The lowest BCUT2D eigenvalue weighted by Crippen LogP contribution is -2.47. The molecule has 1 fully saturated rings. The van der Waals surface area contributed by atoms with E-state index in [2.05, 4.69) is 13.0 Å². The Morgan fingerprint density at radius 3 is 2.64 bits per heavy atom. The van der Waals surface area contributed by atoms with E-state index in [1.807, 2.05) is 0 Å². The molecule has 2 aliphatic rings. The van der Waals surface area contributed by atoms with E-state index < -0.39 is 11.7 Å². The zero-order chi connectivity index (χ0) is 10.4. The van der Waals surface area contributed by atoms with Crippen LogP contribution in [0.1, 0.15) is 46.0 Å². The van der Waals surface area contributed by atoms with Crippen LogP contribution in [0, 0.1) is 5.41 Å². The molecule has 1 saturated carbocycles. The summed E-state index contributed by atoms with van der Waals surface area (Å²) < 4.78 is 0. The Morgan fingerprint density at radius 2 is 2.00 bits per heavy atom. The van der Waals surface area contributed by atoms with Crippen LogP contribution in [0.25, 0.3) is 0 Å². The molecule has 2 nitrogen and oxygen atoms in total. The molecule has 0 spiro atoms. The molecule has 0 aromatic heterocycles. The van der Waals surface area contributed by atoms with Gasteiger partial charge < -0.3 is 10.2 Å². The molecule has 80 valence electrons. The molecular formula is C12H20O2. The lowest BCUT2D eigenvalue weighted by molar-refractivity contribution is -0.0784. The molecule has 2 rings (SSSR count). The van der Waals surface area contributed by atoms with Crippen molar-refractivity contribution in [1.29, 1.82) is 0 Å². The monoisotopic (exact) mass is 196 g/mol. The summed E-state index contributed by atoms with van der Waals surface area (Å²) in [6.07, 6.45) is 6.55. The van der Waals surface area contributed by atoms with Gasteiger partial charge in [-0.3, -0.25) is 0 Å². The van der Waals surface area contributed by atoms with Gasteiger partial charge in [0.25, 0.3) is 0 Å². The van der Waals surface area contributed by atoms with Crippen molar-refractivity contribution < 1.29 is 10.2 Å². The maximum atomic E-state index is 10.5. The van der Waals surface area contributed by atoms with Gasteiger partial charge in [0.1, 0.15) is 0 Å². The zero-order valence-corrected chi connectivity index (χ0v) is 9.08. The van der Waals surface area contributed by atoms with Crippen molar-refractivity contribution in [2.24, 2.45) is 5.41 Å². The fourth-order valence-corrected chi connectivity index (χ4v) is 3.28. The van der Waals surface area contributed by atoms with Gasteiger partial charge in [-0.25, -0.2) is 0 Å². The number of hydrogen-bond donors (Lipinski definition) is 2. The minimum atomic E-state index is -0.572. The number of hydrogen-bond acceptors (Lipinski definition) is 2. The SMILES string of the molecule is CC(O)C1=CCC2(O)CCCCC12C. The first kappa shape index (κ1) is 10.2. The van der Waals surface area contributed by atoms with Crippen LogP contribution in [0.2, 0.25) is 0 Å². The molecule has 2 aliphatic carbocycles. The lowest BCUT2D eigenvalue weighted by atomic mass is 9.62. The predicted molar refractivity (Wildman–Crippen MR) is 55.9 cm³/mol. The molecule has 3 unspecified atom stereocenters. The van der Waals surface area contributed by atoms with E-state index in [1.54, 1.807) is 6.92 Å². The quantitative estimate of drug-likeness (QED) is 0.630. The van der Waals surface area contributed by atoms with Crippen LogP contribution in [-0.2, 0) is 0 Å². The number of fused-ring (bicyclic) bond motifs is 1. The van der Waals surface area contributed by atoms with Crippen LogP contribution in [0.3, 0.4) is 0 Å². The summed E-state index contributed by atoms with van der Waals surface area (Å²) in [6.45, 7) is 3.91. The summed E-state index contributed by atoms with van der Waals surface area (Å²) in [6, 6.07) is 0. The topological polar surface area (TPSA) is 40.5 Å². The van der Waals surface area contributed by atoms with E-state index >= 15 is 0 Å². The highest BCUT2D eigenvalue weighted by Gasteiger charge is 2.53. The second kappa shape index (κ2) is 3.07. The van der Waals surface area contributed by atoms with Crippen LogP contribution in [0.5, 0.6) is 0 Å². The van der Waals surface area contributed by atoms with Crippen LogP contribution in [-0.4, -0.2) is 21.9 Å². The third-order valence-corrected chi connectivity index (χ3v) is 4.29. The summed E-state index contributed by atoms with van der Waals surface area (Å²) in [5.74, 6) is 0. The van der Waals surface area contributed by atoms with Crippen molar-refractivity contribution in [2.75, 3.05) is 0 Å². The number of aliphatic hydroxyl groups is 2. The maximum Gasteiger partial charge on any atom is 0.0773 e. The van der Waals surface area contributed by atoms with Gasteiger partial charge in [-0.2, -0.15) is 0 Å². The van der Waals surface area contributed by atoms with E-state index in [9.17, 15) is 10.2 Å². The second-order valence-electron chi connectivity index (χ2n) is 5.11. The van der Waals surface area contributed by atoms with Gasteiger partial charge in [-0.1, -0.05) is 25.8 Å².